The lowest BCUT2D eigenvalue weighted by atomic mass is 9.94. The molecular weight excluding hydrogens is 604 g/mol. The van der Waals surface area contributed by atoms with Gasteiger partial charge in [-0.05, 0) is 80.8 Å². The third kappa shape index (κ3) is 12.7. The van der Waals surface area contributed by atoms with Crippen molar-refractivity contribution in [1.29, 1.82) is 0 Å². The molecule has 0 radical (unpaired) electrons. The molecule has 254 valence electrons. The van der Waals surface area contributed by atoms with E-state index in [9.17, 15) is 0 Å². The monoisotopic (exact) mass is 662 g/mol. The van der Waals surface area contributed by atoms with Crippen LogP contribution < -0.4 is 4.74 Å². The molecule has 2 aromatic carbocycles. The summed E-state index contributed by atoms with van der Waals surface area (Å²) in [5, 5.41) is 0.979. The number of thioether (sulfide) groups is 1. The topological polar surface area (TPSA) is 46.2 Å². The number of hydrogen-bond donors (Lipinski definition) is 0. The highest BCUT2D eigenvalue weighted by Crippen LogP contribution is 2.47. The molecule has 5 nitrogen and oxygen atoms in total. The first-order chi connectivity index (χ1) is 21.9. The summed E-state index contributed by atoms with van der Waals surface area (Å²) in [5.41, 5.74) is 3.53. The predicted molar refractivity (Wildman–Crippen MR) is 190 cm³/mol. The molecule has 0 aliphatic carbocycles. The number of benzene rings is 2. The van der Waals surface area contributed by atoms with Crippen molar-refractivity contribution in [2.75, 3.05) is 33.0 Å². The Hall–Kier alpha value is -1.28. The molecule has 0 bridgehead atoms. The summed E-state index contributed by atoms with van der Waals surface area (Å²) in [7, 11) is 0. The Morgan fingerprint density at radius 1 is 0.711 bits per heavy atom. The number of unbranched alkanes of at least 4 members (excludes halogenated alkanes) is 4. The van der Waals surface area contributed by atoms with Crippen LogP contribution in [0, 0.1) is 0 Å². The van der Waals surface area contributed by atoms with Crippen LogP contribution in [-0.2, 0) is 25.4 Å². The minimum atomic E-state index is -0.177. The van der Waals surface area contributed by atoms with Crippen molar-refractivity contribution in [3.8, 4) is 5.75 Å². The molecule has 1 aliphatic rings. The van der Waals surface area contributed by atoms with Gasteiger partial charge in [-0.3, -0.25) is 0 Å². The van der Waals surface area contributed by atoms with Gasteiger partial charge in [0.15, 0.2) is 0 Å². The number of ether oxygens (including phenoxy) is 5. The Morgan fingerprint density at radius 2 is 1.29 bits per heavy atom. The molecule has 0 spiro atoms. The third-order valence-corrected chi connectivity index (χ3v) is 10.0. The molecule has 0 aromatic heterocycles. The molecule has 1 saturated heterocycles. The summed E-state index contributed by atoms with van der Waals surface area (Å²) in [4.78, 5) is 0. The quantitative estimate of drug-likeness (QED) is 0.117. The molecule has 1 aliphatic heterocycles. The van der Waals surface area contributed by atoms with Crippen molar-refractivity contribution in [2.45, 2.75) is 134 Å². The van der Waals surface area contributed by atoms with Crippen molar-refractivity contribution in [2.24, 2.45) is 0 Å². The first-order valence-electron chi connectivity index (χ1n) is 17.5. The zero-order valence-corrected chi connectivity index (χ0v) is 30.3. The highest BCUT2D eigenvalue weighted by atomic mass is 35.5. The Kier molecular flexibility index (Phi) is 18.3. The lowest BCUT2D eigenvalue weighted by molar-refractivity contribution is -0.149. The zero-order chi connectivity index (χ0) is 32.4. The normalized spacial score (nSPS) is 21.8. The zero-order valence-electron chi connectivity index (χ0n) is 28.7. The standard InChI is InChI=1S/C38H59ClO5S/c1-7-11-21-40-27-34-35(41-22-12-8-2)36(42-23-13-9-3)37(43-24-14-10-4)38(45-34)30-17-20-33(39)31(26-30)25-29-15-18-32(19-16-29)44-28(5)6/h15-20,26,28,34-38H,7-14,21-25,27H2,1-6H3/t34-,35-,36+,37-,38+/m1/s1. The Morgan fingerprint density at radius 3 is 1.89 bits per heavy atom. The first-order valence-corrected chi connectivity index (χ1v) is 18.9. The lowest BCUT2D eigenvalue weighted by Gasteiger charge is -2.46. The van der Waals surface area contributed by atoms with E-state index in [1.54, 1.807) is 0 Å². The third-order valence-electron chi connectivity index (χ3n) is 8.07. The molecule has 0 N–H and O–H groups in total. The largest absolute Gasteiger partial charge is 0.491 e. The van der Waals surface area contributed by atoms with Gasteiger partial charge in [-0.25, -0.2) is 0 Å². The van der Waals surface area contributed by atoms with E-state index in [0.29, 0.717) is 19.8 Å². The van der Waals surface area contributed by atoms with Gasteiger partial charge in [0.2, 0.25) is 0 Å². The van der Waals surface area contributed by atoms with Crippen molar-refractivity contribution in [1.82, 2.24) is 0 Å². The summed E-state index contributed by atoms with van der Waals surface area (Å²) >= 11 is 8.76. The molecular formula is C38H59ClO5S. The number of hydrogen-bond acceptors (Lipinski definition) is 6. The van der Waals surface area contributed by atoms with Crippen molar-refractivity contribution in [3.05, 3.63) is 64.2 Å². The van der Waals surface area contributed by atoms with Crippen LogP contribution in [0.1, 0.15) is 115 Å². The number of rotatable bonds is 22. The molecule has 1 fully saturated rings. The van der Waals surface area contributed by atoms with Crippen molar-refractivity contribution < 1.29 is 23.7 Å². The molecule has 45 heavy (non-hydrogen) atoms. The van der Waals surface area contributed by atoms with Crippen LogP contribution in [0.15, 0.2) is 42.5 Å². The maximum Gasteiger partial charge on any atom is 0.119 e. The van der Waals surface area contributed by atoms with E-state index < -0.39 is 0 Å². The number of halogens is 1. The highest BCUT2D eigenvalue weighted by molar-refractivity contribution is 8.00. The smallest absolute Gasteiger partial charge is 0.119 e. The summed E-state index contributed by atoms with van der Waals surface area (Å²) in [6, 6.07) is 14.9. The van der Waals surface area contributed by atoms with Crippen LogP contribution in [0.3, 0.4) is 0 Å². The first kappa shape index (κ1) is 38.2. The van der Waals surface area contributed by atoms with Gasteiger partial charge in [-0.15, -0.1) is 11.8 Å². The Labute approximate surface area is 283 Å². The van der Waals surface area contributed by atoms with Crippen LogP contribution >= 0.6 is 23.4 Å². The van der Waals surface area contributed by atoms with Crippen LogP contribution in [-0.4, -0.2) is 62.7 Å². The van der Waals surface area contributed by atoms with Gasteiger partial charge in [0.1, 0.15) is 24.1 Å². The fourth-order valence-electron chi connectivity index (χ4n) is 5.51. The minimum absolute atomic E-state index is 0.0668. The van der Waals surface area contributed by atoms with E-state index in [2.05, 4.69) is 58.0 Å². The van der Waals surface area contributed by atoms with E-state index >= 15 is 0 Å². The molecule has 7 heteroatoms. The Bertz CT molecular complexity index is 1060. The van der Waals surface area contributed by atoms with Gasteiger partial charge >= 0.3 is 0 Å². The van der Waals surface area contributed by atoms with Gasteiger partial charge in [0.25, 0.3) is 0 Å². The second-order valence-corrected chi connectivity index (χ2v) is 14.2. The maximum absolute atomic E-state index is 6.83. The van der Waals surface area contributed by atoms with Crippen LogP contribution in [0.25, 0.3) is 0 Å². The second kappa shape index (κ2) is 21.6. The summed E-state index contributed by atoms with van der Waals surface area (Å²) < 4.78 is 32.3. The minimum Gasteiger partial charge on any atom is -0.491 e. The predicted octanol–water partition coefficient (Wildman–Crippen LogP) is 10.2. The fraction of sp³-hybridized carbons (Fsp3) is 0.684. The van der Waals surface area contributed by atoms with Gasteiger partial charge in [0.05, 0.1) is 23.2 Å². The SMILES string of the molecule is CCCCOC[C@H]1S[C@@H](c2ccc(Cl)c(Cc3ccc(OC(C)C)cc3)c2)[C@H](OCCCC)[C@@H](OCCCC)[C@@H]1OCCCC. The molecule has 3 rings (SSSR count). The van der Waals surface area contributed by atoms with Crippen LogP contribution in [0.5, 0.6) is 5.75 Å². The summed E-state index contributed by atoms with van der Waals surface area (Å²) in [6.45, 7) is 16.4. The fourth-order valence-corrected chi connectivity index (χ4v) is 7.33. The maximum atomic E-state index is 6.83. The van der Waals surface area contributed by atoms with Gasteiger partial charge < -0.3 is 23.7 Å². The van der Waals surface area contributed by atoms with Crippen LogP contribution in [0.2, 0.25) is 5.02 Å². The second-order valence-electron chi connectivity index (χ2n) is 12.4. The van der Waals surface area contributed by atoms with E-state index in [1.165, 1.54) is 11.1 Å². The lowest BCUT2D eigenvalue weighted by Crippen LogP contribution is -2.55. The van der Waals surface area contributed by atoms with Gasteiger partial charge in [-0.2, -0.15) is 0 Å². The average molecular weight is 663 g/mol. The van der Waals surface area contributed by atoms with Crippen LogP contribution in [0.4, 0.5) is 0 Å². The van der Waals surface area contributed by atoms with Crippen molar-refractivity contribution >= 4 is 23.4 Å². The Balaban J connectivity index is 1.96. The summed E-state index contributed by atoms with van der Waals surface area (Å²) in [6.07, 6.45) is 8.99. The molecule has 0 amide bonds. The molecule has 5 atom stereocenters. The molecule has 1 heterocycles. The van der Waals surface area contributed by atoms with Crippen molar-refractivity contribution in [3.63, 3.8) is 0 Å². The molecule has 0 saturated carbocycles. The van der Waals surface area contributed by atoms with E-state index in [4.69, 9.17) is 35.3 Å². The van der Waals surface area contributed by atoms with Gasteiger partial charge in [-0.1, -0.05) is 89.2 Å². The van der Waals surface area contributed by atoms with E-state index in [0.717, 1.165) is 87.3 Å². The van der Waals surface area contributed by atoms with E-state index in [-0.39, 0.29) is 34.9 Å². The molecule has 2 aromatic rings. The molecule has 0 unspecified atom stereocenters. The average Bonchev–Trinajstić information content (AvgIpc) is 3.03. The summed E-state index contributed by atoms with van der Waals surface area (Å²) in [5.74, 6) is 0.885. The van der Waals surface area contributed by atoms with E-state index in [1.807, 2.05) is 37.7 Å². The van der Waals surface area contributed by atoms with Gasteiger partial charge in [0, 0.05) is 31.5 Å². The highest BCUT2D eigenvalue weighted by Gasteiger charge is 2.48.